The monoisotopic (exact) mass is 258 g/mol. The topological polar surface area (TPSA) is 44.1 Å². The zero-order chi connectivity index (χ0) is 13.7. The fourth-order valence-electron chi connectivity index (χ4n) is 1.99. The molecule has 0 amide bonds. The molecule has 0 aliphatic heterocycles. The van der Waals surface area contributed by atoms with Crippen LogP contribution in [0.3, 0.4) is 0 Å². The Balaban J connectivity index is 1.89. The number of hydrogen-bond donors (Lipinski definition) is 0. The molecule has 0 saturated carbocycles. The highest BCUT2D eigenvalue weighted by Crippen LogP contribution is 2.14. The van der Waals surface area contributed by atoms with Crippen LogP contribution in [0.25, 0.3) is 0 Å². The number of aromatic nitrogens is 2. The van der Waals surface area contributed by atoms with Crippen LogP contribution in [0.2, 0.25) is 0 Å². The second-order valence-electron chi connectivity index (χ2n) is 4.52. The molecule has 0 N–H and O–H groups in total. The summed E-state index contributed by atoms with van der Waals surface area (Å²) >= 11 is 0. The Morgan fingerprint density at radius 3 is 2.95 bits per heavy atom. The van der Waals surface area contributed by atoms with Crippen molar-refractivity contribution in [3.8, 4) is 5.75 Å². The summed E-state index contributed by atoms with van der Waals surface area (Å²) in [4.78, 5) is 16.2. The molecular weight excluding hydrogens is 240 g/mol. The molecule has 0 radical (unpaired) electrons. The highest BCUT2D eigenvalue weighted by atomic mass is 16.5. The van der Waals surface area contributed by atoms with Gasteiger partial charge < -0.3 is 9.30 Å². The number of nitrogens with zero attached hydrogens (tertiary/aromatic N) is 2. The molecule has 1 aromatic carbocycles. The number of ketones is 1. The van der Waals surface area contributed by atoms with E-state index in [4.69, 9.17) is 4.74 Å². The third-order valence-corrected chi connectivity index (χ3v) is 3.08. The first-order valence-corrected chi connectivity index (χ1v) is 6.30. The van der Waals surface area contributed by atoms with Crippen molar-refractivity contribution in [2.45, 2.75) is 19.3 Å². The molecule has 0 aliphatic rings. The predicted molar refractivity (Wildman–Crippen MR) is 73.2 cm³/mol. The van der Waals surface area contributed by atoms with Crippen LogP contribution in [0.4, 0.5) is 0 Å². The molecule has 0 saturated heterocycles. The molecular formula is C15H18N2O2. The van der Waals surface area contributed by atoms with Crippen LogP contribution in [0.15, 0.2) is 36.7 Å². The largest absolute Gasteiger partial charge is 0.497 e. The van der Waals surface area contributed by atoms with Crippen molar-refractivity contribution in [2.24, 2.45) is 7.05 Å². The van der Waals surface area contributed by atoms with Gasteiger partial charge in [0.1, 0.15) is 17.4 Å². The number of imidazole rings is 1. The lowest BCUT2D eigenvalue weighted by Gasteiger charge is -2.04. The van der Waals surface area contributed by atoms with E-state index < -0.39 is 0 Å². The lowest BCUT2D eigenvalue weighted by atomic mass is 10.1. The van der Waals surface area contributed by atoms with Crippen molar-refractivity contribution >= 4 is 5.78 Å². The number of carbonyl (C=O) groups excluding carboxylic acids is 1. The third kappa shape index (κ3) is 3.68. The van der Waals surface area contributed by atoms with Gasteiger partial charge in [-0.25, -0.2) is 4.98 Å². The van der Waals surface area contributed by atoms with E-state index in [9.17, 15) is 4.79 Å². The van der Waals surface area contributed by atoms with Crippen LogP contribution in [-0.2, 0) is 24.7 Å². The molecule has 0 aliphatic carbocycles. The summed E-state index contributed by atoms with van der Waals surface area (Å²) in [6, 6.07) is 7.63. The number of aryl methyl sites for hydroxylation is 2. The zero-order valence-electron chi connectivity index (χ0n) is 11.3. The average molecular weight is 258 g/mol. The summed E-state index contributed by atoms with van der Waals surface area (Å²) in [5.74, 6) is 1.95. The van der Waals surface area contributed by atoms with Gasteiger partial charge in [0.05, 0.1) is 7.11 Å². The van der Waals surface area contributed by atoms with E-state index >= 15 is 0 Å². The van der Waals surface area contributed by atoms with Crippen LogP contribution in [-0.4, -0.2) is 22.4 Å². The maximum absolute atomic E-state index is 11.9. The van der Waals surface area contributed by atoms with Gasteiger partial charge in [-0.2, -0.15) is 0 Å². The van der Waals surface area contributed by atoms with Crippen LogP contribution in [0.1, 0.15) is 17.8 Å². The molecule has 4 heteroatoms. The Labute approximate surface area is 113 Å². The fraction of sp³-hybridized carbons (Fsp3) is 0.333. The lowest BCUT2D eigenvalue weighted by Crippen LogP contribution is -2.07. The Morgan fingerprint density at radius 2 is 2.26 bits per heavy atom. The van der Waals surface area contributed by atoms with Crippen LogP contribution < -0.4 is 4.74 Å². The van der Waals surface area contributed by atoms with Gasteiger partial charge >= 0.3 is 0 Å². The second-order valence-corrected chi connectivity index (χ2v) is 4.52. The Kier molecular flexibility index (Phi) is 4.34. The zero-order valence-corrected chi connectivity index (χ0v) is 11.3. The van der Waals surface area contributed by atoms with Crippen molar-refractivity contribution < 1.29 is 9.53 Å². The van der Waals surface area contributed by atoms with Gasteiger partial charge in [-0.3, -0.25) is 4.79 Å². The molecule has 0 unspecified atom stereocenters. The highest BCUT2D eigenvalue weighted by Gasteiger charge is 2.07. The van der Waals surface area contributed by atoms with Gasteiger partial charge in [-0.15, -0.1) is 0 Å². The number of carbonyl (C=O) groups is 1. The number of ether oxygens (including phenoxy) is 1. The van der Waals surface area contributed by atoms with E-state index in [1.165, 1.54) is 0 Å². The van der Waals surface area contributed by atoms with E-state index in [1.807, 2.05) is 42.1 Å². The van der Waals surface area contributed by atoms with Crippen molar-refractivity contribution in [2.75, 3.05) is 7.11 Å². The molecule has 0 spiro atoms. The summed E-state index contributed by atoms with van der Waals surface area (Å²) < 4.78 is 7.09. The van der Waals surface area contributed by atoms with Crippen LogP contribution in [0, 0.1) is 0 Å². The number of hydrogen-bond acceptors (Lipinski definition) is 3. The number of Topliss-reactive ketones (excluding diaryl/α,β-unsaturated/α-hetero) is 1. The minimum Gasteiger partial charge on any atom is -0.497 e. The minimum atomic E-state index is 0.219. The van der Waals surface area contributed by atoms with E-state index in [1.54, 1.807) is 13.3 Å². The molecule has 100 valence electrons. The lowest BCUT2D eigenvalue weighted by molar-refractivity contribution is -0.118. The van der Waals surface area contributed by atoms with Gasteiger partial charge in [0.25, 0.3) is 0 Å². The molecule has 19 heavy (non-hydrogen) atoms. The van der Waals surface area contributed by atoms with E-state index in [0.29, 0.717) is 19.3 Å². The van der Waals surface area contributed by atoms with Crippen LogP contribution in [0.5, 0.6) is 5.75 Å². The average Bonchev–Trinajstić information content (AvgIpc) is 2.82. The molecule has 2 aromatic rings. The second kappa shape index (κ2) is 6.18. The highest BCUT2D eigenvalue weighted by molar-refractivity contribution is 5.81. The third-order valence-electron chi connectivity index (χ3n) is 3.08. The van der Waals surface area contributed by atoms with Gasteiger partial charge in [0.2, 0.25) is 0 Å². The standard InChI is InChI=1S/C15H18N2O2/c1-17-9-8-16-15(17)7-6-13(18)10-12-4-3-5-14(11-12)19-2/h3-5,8-9,11H,6-7,10H2,1-2H3. The SMILES string of the molecule is COc1cccc(CC(=O)CCc2nccn2C)c1. The first-order chi connectivity index (χ1) is 9.19. The minimum absolute atomic E-state index is 0.219. The number of methoxy groups -OCH3 is 1. The fourth-order valence-corrected chi connectivity index (χ4v) is 1.99. The summed E-state index contributed by atoms with van der Waals surface area (Å²) in [7, 11) is 3.57. The molecule has 2 rings (SSSR count). The summed E-state index contributed by atoms with van der Waals surface area (Å²) in [6.45, 7) is 0. The number of rotatable bonds is 6. The summed E-state index contributed by atoms with van der Waals surface area (Å²) in [5.41, 5.74) is 0.990. The van der Waals surface area contributed by atoms with E-state index in [0.717, 1.165) is 17.1 Å². The molecule has 0 fully saturated rings. The van der Waals surface area contributed by atoms with E-state index in [2.05, 4.69) is 4.98 Å². The van der Waals surface area contributed by atoms with Crippen LogP contribution >= 0.6 is 0 Å². The summed E-state index contributed by atoms with van der Waals surface area (Å²) in [5, 5.41) is 0. The molecule has 1 heterocycles. The smallest absolute Gasteiger partial charge is 0.137 e. The van der Waals surface area contributed by atoms with Crippen molar-refractivity contribution in [3.05, 3.63) is 48.0 Å². The van der Waals surface area contributed by atoms with Gasteiger partial charge in [0.15, 0.2) is 0 Å². The molecule has 0 atom stereocenters. The summed E-state index contributed by atoms with van der Waals surface area (Å²) in [6.07, 6.45) is 5.29. The Bertz CT molecular complexity index is 561. The van der Waals surface area contributed by atoms with Gasteiger partial charge in [-0.1, -0.05) is 12.1 Å². The maximum atomic E-state index is 11.9. The molecule has 0 bridgehead atoms. The van der Waals surface area contributed by atoms with Gasteiger partial charge in [0, 0.05) is 38.7 Å². The number of benzene rings is 1. The Hall–Kier alpha value is -2.10. The quantitative estimate of drug-likeness (QED) is 0.797. The molecule has 4 nitrogen and oxygen atoms in total. The van der Waals surface area contributed by atoms with Crippen molar-refractivity contribution in [1.82, 2.24) is 9.55 Å². The first kappa shape index (κ1) is 13.3. The van der Waals surface area contributed by atoms with Crippen molar-refractivity contribution in [3.63, 3.8) is 0 Å². The molecule has 1 aromatic heterocycles. The van der Waals surface area contributed by atoms with Crippen molar-refractivity contribution in [1.29, 1.82) is 0 Å². The van der Waals surface area contributed by atoms with Gasteiger partial charge in [-0.05, 0) is 17.7 Å². The Morgan fingerprint density at radius 1 is 1.42 bits per heavy atom. The first-order valence-electron chi connectivity index (χ1n) is 6.30. The predicted octanol–water partition coefficient (Wildman–Crippen LogP) is 2.17. The normalized spacial score (nSPS) is 10.4. The maximum Gasteiger partial charge on any atom is 0.137 e. The van der Waals surface area contributed by atoms with E-state index in [-0.39, 0.29) is 5.78 Å².